The number of nitrogens with one attached hydrogen (secondary N) is 1. The lowest BCUT2D eigenvalue weighted by molar-refractivity contribution is 0.0506. The Hall–Kier alpha value is -2.68. The van der Waals surface area contributed by atoms with Crippen LogP contribution in [-0.4, -0.2) is 53.2 Å². The Balaban J connectivity index is 2.43. The molecule has 2 heterocycles. The molecule has 0 aromatic carbocycles. The Morgan fingerprint density at radius 1 is 1.30 bits per heavy atom. The van der Waals surface area contributed by atoms with E-state index in [1.807, 2.05) is 13.8 Å². The van der Waals surface area contributed by atoms with Gasteiger partial charge in [-0.15, -0.1) is 11.3 Å². The number of carbonyl (C=O) groups is 3. The molecule has 0 radical (unpaired) electrons. The third kappa shape index (κ3) is 4.36. The van der Waals surface area contributed by atoms with Crippen LogP contribution in [0.1, 0.15) is 56.3 Å². The molecule has 0 atom stereocenters. The molecule has 27 heavy (non-hydrogen) atoms. The van der Waals surface area contributed by atoms with Gasteiger partial charge in [-0.05, 0) is 31.9 Å². The van der Waals surface area contributed by atoms with Gasteiger partial charge in [0, 0.05) is 26.8 Å². The molecule has 9 heteroatoms. The lowest BCUT2D eigenvalue weighted by atomic mass is 10.1. The van der Waals surface area contributed by atoms with Crippen LogP contribution in [0, 0.1) is 6.92 Å². The quantitative estimate of drug-likeness (QED) is 0.731. The van der Waals surface area contributed by atoms with Crippen molar-refractivity contribution in [2.24, 2.45) is 0 Å². The molecular weight excluding hydrogens is 368 g/mol. The van der Waals surface area contributed by atoms with Gasteiger partial charge < -0.3 is 15.0 Å². The maximum Gasteiger partial charge on any atom is 0.341 e. The minimum absolute atomic E-state index is 0.217. The van der Waals surface area contributed by atoms with Crippen LogP contribution in [0.25, 0.3) is 0 Å². The van der Waals surface area contributed by atoms with Gasteiger partial charge >= 0.3 is 5.97 Å². The van der Waals surface area contributed by atoms with Crippen LogP contribution in [-0.2, 0) is 11.3 Å². The van der Waals surface area contributed by atoms with Gasteiger partial charge in [0.1, 0.15) is 10.7 Å². The molecule has 0 fully saturated rings. The number of amides is 2. The first-order chi connectivity index (χ1) is 12.8. The van der Waals surface area contributed by atoms with E-state index < -0.39 is 11.9 Å². The number of carbonyl (C=O) groups excluding carboxylic acids is 3. The molecule has 2 aromatic heterocycles. The van der Waals surface area contributed by atoms with E-state index in [0.29, 0.717) is 34.1 Å². The van der Waals surface area contributed by atoms with Crippen LogP contribution in [0.3, 0.4) is 0 Å². The molecule has 146 valence electrons. The van der Waals surface area contributed by atoms with Gasteiger partial charge in [-0.25, -0.2) is 4.79 Å². The van der Waals surface area contributed by atoms with Gasteiger partial charge in [-0.1, -0.05) is 6.92 Å². The molecule has 2 rings (SSSR count). The van der Waals surface area contributed by atoms with Crippen LogP contribution in [0.4, 0.5) is 5.00 Å². The first kappa shape index (κ1) is 20.6. The number of hydrogen-bond donors (Lipinski definition) is 1. The SMILES string of the molecule is CCCOC(=O)c1c(NC(=O)c2ccnn2CC)sc(C(=O)N(C)C)c1C. The number of nitrogens with zero attached hydrogens (tertiary/aromatic N) is 3. The fourth-order valence-electron chi connectivity index (χ4n) is 2.47. The van der Waals surface area contributed by atoms with E-state index in [1.54, 1.807) is 31.8 Å². The summed E-state index contributed by atoms with van der Waals surface area (Å²) in [5, 5.41) is 7.12. The maximum absolute atomic E-state index is 12.7. The highest BCUT2D eigenvalue weighted by Gasteiger charge is 2.28. The van der Waals surface area contributed by atoms with Crippen molar-refractivity contribution in [3.63, 3.8) is 0 Å². The molecule has 1 N–H and O–H groups in total. The van der Waals surface area contributed by atoms with Gasteiger partial charge in [0.15, 0.2) is 0 Å². The minimum Gasteiger partial charge on any atom is -0.462 e. The van der Waals surface area contributed by atoms with Crippen LogP contribution in [0.5, 0.6) is 0 Å². The maximum atomic E-state index is 12.7. The second-order valence-electron chi connectivity index (χ2n) is 6.08. The highest BCUT2D eigenvalue weighted by molar-refractivity contribution is 7.18. The number of aryl methyl sites for hydroxylation is 1. The summed E-state index contributed by atoms with van der Waals surface area (Å²) in [4.78, 5) is 39.4. The zero-order valence-electron chi connectivity index (χ0n) is 16.2. The van der Waals surface area contributed by atoms with Crippen molar-refractivity contribution < 1.29 is 19.1 Å². The van der Waals surface area contributed by atoms with Gasteiger partial charge in [-0.2, -0.15) is 5.10 Å². The van der Waals surface area contributed by atoms with Gasteiger partial charge in [-0.3, -0.25) is 14.3 Å². The number of thiophene rings is 1. The summed E-state index contributed by atoms with van der Waals surface area (Å²) < 4.78 is 6.80. The van der Waals surface area contributed by atoms with E-state index in [-0.39, 0.29) is 18.1 Å². The van der Waals surface area contributed by atoms with E-state index >= 15 is 0 Å². The number of anilines is 1. The molecular formula is C18H24N4O4S. The van der Waals surface area contributed by atoms with Crippen molar-refractivity contribution in [2.45, 2.75) is 33.7 Å². The van der Waals surface area contributed by atoms with Crippen LogP contribution < -0.4 is 5.32 Å². The highest BCUT2D eigenvalue weighted by Crippen LogP contribution is 2.34. The normalized spacial score (nSPS) is 10.6. The fraction of sp³-hybridized carbons (Fsp3) is 0.444. The monoisotopic (exact) mass is 392 g/mol. The van der Waals surface area contributed by atoms with Gasteiger partial charge in [0.25, 0.3) is 11.8 Å². The van der Waals surface area contributed by atoms with E-state index in [2.05, 4.69) is 10.4 Å². The molecule has 0 aliphatic heterocycles. The first-order valence-corrected chi connectivity index (χ1v) is 9.48. The molecule has 0 unspecified atom stereocenters. The smallest absolute Gasteiger partial charge is 0.341 e. The molecule has 8 nitrogen and oxygen atoms in total. The summed E-state index contributed by atoms with van der Waals surface area (Å²) in [5.74, 6) is -1.19. The zero-order chi connectivity index (χ0) is 20.1. The molecule has 0 saturated heterocycles. The fourth-order valence-corrected chi connectivity index (χ4v) is 3.68. The van der Waals surface area contributed by atoms with Crippen molar-refractivity contribution in [3.8, 4) is 0 Å². The van der Waals surface area contributed by atoms with Crippen LogP contribution in [0.2, 0.25) is 0 Å². The predicted molar refractivity (Wildman–Crippen MR) is 104 cm³/mol. The van der Waals surface area contributed by atoms with E-state index in [0.717, 1.165) is 11.3 Å². The van der Waals surface area contributed by atoms with Crippen LogP contribution >= 0.6 is 11.3 Å². The number of rotatable bonds is 7. The largest absolute Gasteiger partial charge is 0.462 e. The summed E-state index contributed by atoms with van der Waals surface area (Å²) in [6.07, 6.45) is 2.21. The van der Waals surface area contributed by atoms with Crippen molar-refractivity contribution in [1.29, 1.82) is 0 Å². The summed E-state index contributed by atoms with van der Waals surface area (Å²) in [6, 6.07) is 1.60. The van der Waals surface area contributed by atoms with Gasteiger partial charge in [0.05, 0.1) is 17.0 Å². The van der Waals surface area contributed by atoms with Gasteiger partial charge in [0.2, 0.25) is 0 Å². The molecule has 0 spiro atoms. The average Bonchev–Trinajstić information content (AvgIpc) is 3.23. The molecule has 0 aliphatic carbocycles. The summed E-state index contributed by atoms with van der Waals surface area (Å²) in [6.45, 7) is 6.25. The van der Waals surface area contributed by atoms with Crippen molar-refractivity contribution in [1.82, 2.24) is 14.7 Å². The van der Waals surface area contributed by atoms with Crippen LogP contribution in [0.15, 0.2) is 12.3 Å². The number of hydrogen-bond acceptors (Lipinski definition) is 6. The molecule has 0 bridgehead atoms. The topological polar surface area (TPSA) is 93.5 Å². The molecule has 2 aromatic rings. The third-order valence-corrected chi connectivity index (χ3v) is 5.06. The summed E-state index contributed by atoms with van der Waals surface area (Å²) in [5.41, 5.74) is 1.09. The number of ether oxygens (including phenoxy) is 1. The molecule has 0 aliphatic rings. The second kappa shape index (κ2) is 8.81. The van der Waals surface area contributed by atoms with Crippen molar-refractivity contribution in [3.05, 3.63) is 34.0 Å². The molecule has 2 amide bonds. The first-order valence-electron chi connectivity index (χ1n) is 8.67. The van der Waals surface area contributed by atoms with Crippen molar-refractivity contribution >= 4 is 34.1 Å². The van der Waals surface area contributed by atoms with E-state index in [4.69, 9.17) is 4.74 Å². The zero-order valence-corrected chi connectivity index (χ0v) is 17.0. The Labute approximate surface area is 162 Å². The summed E-state index contributed by atoms with van der Waals surface area (Å²) in [7, 11) is 3.27. The summed E-state index contributed by atoms with van der Waals surface area (Å²) >= 11 is 1.07. The Bertz CT molecular complexity index is 854. The Morgan fingerprint density at radius 2 is 2.00 bits per heavy atom. The predicted octanol–water partition coefficient (Wildman–Crippen LogP) is 2.79. The number of esters is 1. The highest BCUT2D eigenvalue weighted by atomic mass is 32.1. The lowest BCUT2D eigenvalue weighted by Crippen LogP contribution is -2.21. The Kier molecular flexibility index (Phi) is 6.73. The minimum atomic E-state index is -0.553. The standard InChI is InChI=1S/C18H24N4O4S/c1-6-10-26-18(25)13-11(3)14(17(24)21(4)5)27-16(13)20-15(23)12-8-9-19-22(12)7-2/h8-9H,6-7,10H2,1-5H3,(H,20,23). The lowest BCUT2D eigenvalue weighted by Gasteiger charge is -2.09. The van der Waals surface area contributed by atoms with E-state index in [9.17, 15) is 14.4 Å². The average molecular weight is 392 g/mol. The van der Waals surface area contributed by atoms with Crippen molar-refractivity contribution in [2.75, 3.05) is 26.0 Å². The number of aromatic nitrogens is 2. The second-order valence-corrected chi connectivity index (χ2v) is 7.10. The molecule has 0 saturated carbocycles. The third-order valence-electron chi connectivity index (χ3n) is 3.86. The Morgan fingerprint density at radius 3 is 2.59 bits per heavy atom. The van der Waals surface area contributed by atoms with E-state index in [1.165, 1.54) is 11.1 Å².